The van der Waals surface area contributed by atoms with Crippen LogP contribution >= 0.6 is 11.8 Å². The van der Waals surface area contributed by atoms with Crippen molar-refractivity contribution in [2.45, 2.75) is 15.5 Å². The highest BCUT2D eigenvalue weighted by molar-refractivity contribution is 7.98. The van der Waals surface area contributed by atoms with E-state index in [0.29, 0.717) is 37.9 Å². The zero-order chi connectivity index (χ0) is 21.7. The van der Waals surface area contributed by atoms with Gasteiger partial charge in [-0.1, -0.05) is 23.3 Å². The van der Waals surface area contributed by atoms with Crippen LogP contribution in [-0.2, 0) is 20.5 Å². The Kier molecular flexibility index (Phi) is 6.66. The number of ether oxygens (including phenoxy) is 1. The van der Waals surface area contributed by atoms with Gasteiger partial charge in [-0.2, -0.15) is 4.31 Å². The van der Waals surface area contributed by atoms with Crippen LogP contribution in [-0.4, -0.2) is 55.1 Å². The number of hydrogen-bond acceptors (Lipinski definition) is 8. The number of carbonyl (C=O) groups is 1. The van der Waals surface area contributed by atoms with Gasteiger partial charge in [0.2, 0.25) is 15.9 Å². The number of nitrogens with one attached hydrogen (secondary N) is 1. The number of benzene rings is 2. The summed E-state index contributed by atoms with van der Waals surface area (Å²) in [7, 11) is -3.61. The maximum Gasteiger partial charge on any atom is 0.322 e. The third kappa shape index (κ3) is 5.31. The third-order valence-electron chi connectivity index (χ3n) is 4.52. The molecule has 0 unspecified atom stereocenters. The maximum atomic E-state index is 12.7. The first-order valence-corrected chi connectivity index (χ1v) is 11.9. The normalized spacial score (nSPS) is 15.0. The summed E-state index contributed by atoms with van der Waals surface area (Å²) >= 11 is 1.54. The van der Waals surface area contributed by atoms with Crippen LogP contribution in [0.4, 0.5) is 6.01 Å². The average Bonchev–Trinajstić information content (AvgIpc) is 3.26. The summed E-state index contributed by atoms with van der Waals surface area (Å²) in [5.41, 5.74) is 0.277. The molecule has 2 aromatic carbocycles. The Balaban J connectivity index is 1.36. The highest BCUT2D eigenvalue weighted by Crippen LogP contribution is 2.23. The minimum atomic E-state index is -3.61. The second kappa shape index (κ2) is 9.60. The Hall–Kier alpha value is -2.73. The topological polar surface area (TPSA) is 115 Å². The number of amides is 1. The summed E-state index contributed by atoms with van der Waals surface area (Å²) in [5, 5.41) is 10.3. The van der Waals surface area contributed by atoms with Gasteiger partial charge in [0.25, 0.3) is 5.91 Å². The second-order valence-corrected chi connectivity index (χ2v) is 9.58. The molecule has 11 heteroatoms. The molecule has 1 aliphatic rings. The van der Waals surface area contributed by atoms with Gasteiger partial charge >= 0.3 is 6.01 Å². The molecule has 1 amide bonds. The van der Waals surface area contributed by atoms with Crippen LogP contribution in [0.25, 0.3) is 0 Å². The lowest BCUT2D eigenvalue weighted by Gasteiger charge is -2.26. The number of aromatic nitrogens is 2. The fourth-order valence-electron chi connectivity index (χ4n) is 2.91. The molecule has 1 saturated heterocycles. The van der Waals surface area contributed by atoms with Gasteiger partial charge in [-0.15, -0.1) is 16.9 Å². The SMILES string of the molecule is O=C(Nc1nnc(CSc2ccccc2)o1)c1ccc(S(=O)(=O)N2CCOCC2)cc1. The van der Waals surface area contributed by atoms with E-state index in [9.17, 15) is 13.2 Å². The van der Waals surface area contributed by atoms with E-state index >= 15 is 0 Å². The molecule has 1 aromatic heterocycles. The number of anilines is 1. The second-order valence-electron chi connectivity index (χ2n) is 6.60. The quantitative estimate of drug-likeness (QED) is 0.535. The minimum absolute atomic E-state index is 0.0151. The van der Waals surface area contributed by atoms with E-state index in [0.717, 1.165) is 4.90 Å². The number of thioether (sulfide) groups is 1. The van der Waals surface area contributed by atoms with Crippen molar-refractivity contribution in [1.82, 2.24) is 14.5 Å². The van der Waals surface area contributed by atoms with Gasteiger partial charge in [-0.3, -0.25) is 10.1 Å². The van der Waals surface area contributed by atoms with Crippen molar-refractivity contribution < 1.29 is 22.4 Å². The van der Waals surface area contributed by atoms with Crippen molar-refractivity contribution in [2.75, 3.05) is 31.6 Å². The molecule has 31 heavy (non-hydrogen) atoms. The molecule has 0 aliphatic carbocycles. The fraction of sp³-hybridized carbons (Fsp3) is 0.250. The molecule has 0 radical (unpaired) electrons. The standard InChI is InChI=1S/C20H20N4O5S2/c25-19(21-20-23-22-18(29-20)14-30-16-4-2-1-3-5-16)15-6-8-17(9-7-15)31(26,27)24-10-12-28-13-11-24/h1-9H,10-14H2,(H,21,23,25). The number of sulfonamides is 1. The van der Waals surface area contributed by atoms with Gasteiger partial charge in [-0.05, 0) is 36.4 Å². The summed E-state index contributed by atoms with van der Waals surface area (Å²) in [6, 6.07) is 15.5. The van der Waals surface area contributed by atoms with Crippen molar-refractivity contribution in [1.29, 1.82) is 0 Å². The first kappa shape index (κ1) is 21.5. The van der Waals surface area contributed by atoms with E-state index in [4.69, 9.17) is 9.15 Å². The lowest BCUT2D eigenvalue weighted by atomic mass is 10.2. The zero-order valence-electron chi connectivity index (χ0n) is 16.4. The molecule has 0 saturated carbocycles. The molecular weight excluding hydrogens is 440 g/mol. The van der Waals surface area contributed by atoms with Crippen LogP contribution in [0.2, 0.25) is 0 Å². The van der Waals surface area contributed by atoms with Crippen molar-refractivity contribution >= 4 is 33.7 Å². The Labute approximate surface area is 183 Å². The third-order valence-corrected chi connectivity index (χ3v) is 7.43. The number of carbonyl (C=O) groups excluding carboxylic acids is 1. The molecule has 1 fully saturated rings. The van der Waals surface area contributed by atoms with Crippen LogP contribution < -0.4 is 5.32 Å². The monoisotopic (exact) mass is 460 g/mol. The van der Waals surface area contributed by atoms with Crippen LogP contribution in [0.5, 0.6) is 0 Å². The predicted molar refractivity (Wildman–Crippen MR) is 114 cm³/mol. The van der Waals surface area contributed by atoms with Crippen LogP contribution in [0.3, 0.4) is 0 Å². The molecule has 0 spiro atoms. The minimum Gasteiger partial charge on any atom is -0.407 e. The van der Waals surface area contributed by atoms with E-state index in [1.807, 2.05) is 30.3 Å². The number of morpholine rings is 1. The number of hydrogen-bond donors (Lipinski definition) is 1. The van der Waals surface area contributed by atoms with Crippen LogP contribution in [0.15, 0.2) is 68.8 Å². The van der Waals surface area contributed by atoms with Gasteiger partial charge in [0.1, 0.15) is 0 Å². The molecule has 0 atom stereocenters. The molecule has 1 N–H and O–H groups in total. The van der Waals surface area contributed by atoms with Gasteiger partial charge < -0.3 is 9.15 Å². The molecule has 3 aromatic rings. The highest BCUT2D eigenvalue weighted by Gasteiger charge is 2.26. The van der Waals surface area contributed by atoms with Gasteiger partial charge in [-0.25, -0.2) is 8.42 Å². The van der Waals surface area contributed by atoms with Crippen molar-refractivity contribution in [3.8, 4) is 0 Å². The molecule has 9 nitrogen and oxygen atoms in total. The van der Waals surface area contributed by atoms with E-state index in [1.165, 1.54) is 28.6 Å². The zero-order valence-corrected chi connectivity index (χ0v) is 18.1. The fourth-order valence-corrected chi connectivity index (χ4v) is 5.07. The summed E-state index contributed by atoms with van der Waals surface area (Å²) in [6.07, 6.45) is 0. The maximum absolute atomic E-state index is 12.7. The van der Waals surface area contributed by atoms with Crippen LogP contribution in [0, 0.1) is 0 Å². The first-order chi connectivity index (χ1) is 15.0. The summed E-state index contributed by atoms with van der Waals surface area (Å²) in [6.45, 7) is 1.37. The molecular formula is C20H20N4O5S2. The van der Waals surface area contributed by atoms with Gasteiger partial charge in [0, 0.05) is 23.5 Å². The van der Waals surface area contributed by atoms with E-state index in [-0.39, 0.29) is 16.5 Å². The smallest absolute Gasteiger partial charge is 0.322 e. The van der Waals surface area contributed by atoms with E-state index < -0.39 is 15.9 Å². The number of rotatable bonds is 7. The summed E-state index contributed by atoms with van der Waals surface area (Å²) < 4.78 is 37.4. The van der Waals surface area contributed by atoms with Crippen molar-refractivity contribution in [3.05, 3.63) is 66.1 Å². The Bertz CT molecular complexity index is 1130. The predicted octanol–water partition coefficient (Wildman–Crippen LogP) is 2.64. The largest absolute Gasteiger partial charge is 0.407 e. The average molecular weight is 461 g/mol. The summed E-state index contributed by atoms with van der Waals surface area (Å²) in [4.78, 5) is 13.6. The molecule has 162 valence electrons. The Morgan fingerprint density at radius 1 is 1.03 bits per heavy atom. The van der Waals surface area contributed by atoms with Gasteiger partial charge in [0.15, 0.2) is 0 Å². The molecule has 2 heterocycles. The van der Waals surface area contributed by atoms with Gasteiger partial charge in [0.05, 0.1) is 23.9 Å². The van der Waals surface area contributed by atoms with Crippen molar-refractivity contribution in [3.63, 3.8) is 0 Å². The van der Waals surface area contributed by atoms with E-state index in [1.54, 1.807) is 11.8 Å². The highest BCUT2D eigenvalue weighted by atomic mass is 32.2. The summed E-state index contributed by atoms with van der Waals surface area (Å²) in [5.74, 6) is 0.387. The Morgan fingerprint density at radius 3 is 2.45 bits per heavy atom. The lowest BCUT2D eigenvalue weighted by Crippen LogP contribution is -2.40. The number of nitrogens with zero attached hydrogens (tertiary/aromatic N) is 3. The molecule has 4 rings (SSSR count). The van der Waals surface area contributed by atoms with Crippen LogP contribution in [0.1, 0.15) is 16.2 Å². The molecule has 1 aliphatic heterocycles. The molecule has 0 bridgehead atoms. The first-order valence-electron chi connectivity index (χ1n) is 9.52. The van der Waals surface area contributed by atoms with Crippen molar-refractivity contribution in [2.24, 2.45) is 0 Å². The lowest BCUT2D eigenvalue weighted by molar-refractivity contribution is 0.0730. The Morgan fingerprint density at radius 2 is 1.74 bits per heavy atom. The van der Waals surface area contributed by atoms with E-state index in [2.05, 4.69) is 15.5 Å².